The van der Waals surface area contributed by atoms with Gasteiger partial charge >= 0.3 is 6.03 Å². The van der Waals surface area contributed by atoms with E-state index in [0.29, 0.717) is 13.0 Å². The fraction of sp³-hybridized carbons (Fsp3) is 0.316. The first-order valence-corrected chi connectivity index (χ1v) is 8.08. The molecule has 0 aliphatic carbocycles. The number of urea groups is 1. The standard InChI is InChI=1S/C19H24N2O3/c1-3-18(15-7-9-17(24-2)10-8-15)21-19(23)20-12-11-14-5-4-6-16(22)13-14/h4-10,13,18,22H,3,11-12H2,1-2H3,(H2,20,21,23). The lowest BCUT2D eigenvalue weighted by Crippen LogP contribution is -2.38. The Morgan fingerprint density at radius 3 is 2.58 bits per heavy atom. The van der Waals surface area contributed by atoms with Crippen molar-refractivity contribution in [3.8, 4) is 11.5 Å². The Morgan fingerprint density at radius 1 is 1.21 bits per heavy atom. The van der Waals surface area contributed by atoms with Crippen molar-refractivity contribution in [2.75, 3.05) is 13.7 Å². The average molecular weight is 328 g/mol. The highest BCUT2D eigenvalue weighted by Crippen LogP contribution is 2.20. The van der Waals surface area contributed by atoms with Crippen LogP contribution in [0.15, 0.2) is 48.5 Å². The second-order valence-electron chi connectivity index (χ2n) is 5.55. The number of ether oxygens (including phenoxy) is 1. The van der Waals surface area contributed by atoms with Gasteiger partial charge in [-0.1, -0.05) is 31.2 Å². The topological polar surface area (TPSA) is 70.6 Å². The summed E-state index contributed by atoms with van der Waals surface area (Å²) < 4.78 is 5.15. The van der Waals surface area contributed by atoms with E-state index in [1.165, 1.54) is 0 Å². The predicted molar refractivity (Wildman–Crippen MR) is 94.4 cm³/mol. The van der Waals surface area contributed by atoms with Gasteiger partial charge in [0.25, 0.3) is 0 Å². The summed E-state index contributed by atoms with van der Waals surface area (Å²) in [4.78, 5) is 12.1. The summed E-state index contributed by atoms with van der Waals surface area (Å²) in [6, 6.07) is 14.5. The first-order chi connectivity index (χ1) is 11.6. The van der Waals surface area contributed by atoms with E-state index in [0.717, 1.165) is 23.3 Å². The molecule has 128 valence electrons. The average Bonchev–Trinajstić information content (AvgIpc) is 2.60. The Hall–Kier alpha value is -2.69. The number of phenols is 1. The van der Waals surface area contributed by atoms with E-state index < -0.39 is 0 Å². The highest BCUT2D eigenvalue weighted by atomic mass is 16.5. The molecular weight excluding hydrogens is 304 g/mol. The number of rotatable bonds is 7. The quantitative estimate of drug-likeness (QED) is 0.729. The minimum atomic E-state index is -0.196. The highest BCUT2D eigenvalue weighted by Gasteiger charge is 2.12. The predicted octanol–water partition coefficient (Wildman–Crippen LogP) is 3.39. The molecule has 0 radical (unpaired) electrons. The lowest BCUT2D eigenvalue weighted by Gasteiger charge is -2.18. The zero-order valence-electron chi connectivity index (χ0n) is 14.1. The number of aromatic hydroxyl groups is 1. The minimum absolute atomic E-state index is 0.0447. The van der Waals surface area contributed by atoms with Crippen LogP contribution < -0.4 is 15.4 Å². The van der Waals surface area contributed by atoms with Gasteiger partial charge in [0.15, 0.2) is 0 Å². The second-order valence-corrected chi connectivity index (χ2v) is 5.55. The number of hydrogen-bond acceptors (Lipinski definition) is 3. The molecule has 2 rings (SSSR count). The van der Waals surface area contributed by atoms with Crippen LogP contribution >= 0.6 is 0 Å². The maximum atomic E-state index is 12.1. The number of carbonyl (C=O) groups is 1. The van der Waals surface area contributed by atoms with Gasteiger partial charge in [0.1, 0.15) is 11.5 Å². The molecule has 0 aliphatic rings. The third-order valence-corrected chi connectivity index (χ3v) is 3.84. The largest absolute Gasteiger partial charge is 0.508 e. The second kappa shape index (κ2) is 8.82. The van der Waals surface area contributed by atoms with E-state index in [2.05, 4.69) is 10.6 Å². The van der Waals surface area contributed by atoms with Crippen LogP contribution in [-0.2, 0) is 6.42 Å². The lowest BCUT2D eigenvalue weighted by molar-refractivity contribution is 0.237. The van der Waals surface area contributed by atoms with Gasteiger partial charge in [-0.05, 0) is 48.2 Å². The van der Waals surface area contributed by atoms with Crippen molar-refractivity contribution in [1.29, 1.82) is 0 Å². The number of nitrogens with one attached hydrogen (secondary N) is 2. The number of methoxy groups -OCH3 is 1. The van der Waals surface area contributed by atoms with Crippen LogP contribution in [-0.4, -0.2) is 24.8 Å². The summed E-state index contributed by atoms with van der Waals surface area (Å²) in [5.74, 6) is 1.03. The van der Waals surface area contributed by atoms with Crippen molar-refractivity contribution in [3.05, 3.63) is 59.7 Å². The number of amides is 2. The van der Waals surface area contributed by atoms with Crippen LogP contribution in [0.4, 0.5) is 4.79 Å². The zero-order valence-corrected chi connectivity index (χ0v) is 14.1. The van der Waals surface area contributed by atoms with Crippen LogP contribution in [0.25, 0.3) is 0 Å². The Bertz CT molecular complexity index is 656. The summed E-state index contributed by atoms with van der Waals surface area (Å²) in [6.07, 6.45) is 1.47. The maximum Gasteiger partial charge on any atom is 0.315 e. The van der Waals surface area contributed by atoms with Crippen molar-refractivity contribution in [2.24, 2.45) is 0 Å². The molecule has 0 fully saturated rings. The summed E-state index contributed by atoms with van der Waals surface area (Å²) in [5.41, 5.74) is 2.03. The molecule has 3 N–H and O–H groups in total. The monoisotopic (exact) mass is 328 g/mol. The van der Waals surface area contributed by atoms with E-state index in [-0.39, 0.29) is 17.8 Å². The molecule has 5 nitrogen and oxygen atoms in total. The fourth-order valence-corrected chi connectivity index (χ4v) is 2.50. The van der Waals surface area contributed by atoms with Crippen molar-refractivity contribution in [3.63, 3.8) is 0 Å². The van der Waals surface area contributed by atoms with Crippen LogP contribution in [0.1, 0.15) is 30.5 Å². The van der Waals surface area contributed by atoms with Gasteiger partial charge in [0, 0.05) is 6.54 Å². The Labute approximate surface area is 142 Å². The van der Waals surface area contributed by atoms with Gasteiger partial charge < -0.3 is 20.5 Å². The Balaban J connectivity index is 1.82. The molecule has 0 spiro atoms. The first kappa shape index (κ1) is 17.7. The van der Waals surface area contributed by atoms with E-state index in [9.17, 15) is 9.90 Å². The molecule has 0 saturated carbocycles. The van der Waals surface area contributed by atoms with Gasteiger partial charge in [0.2, 0.25) is 0 Å². The molecule has 24 heavy (non-hydrogen) atoms. The highest BCUT2D eigenvalue weighted by molar-refractivity contribution is 5.74. The summed E-state index contributed by atoms with van der Waals surface area (Å²) >= 11 is 0. The van der Waals surface area contributed by atoms with Gasteiger partial charge in [-0.15, -0.1) is 0 Å². The molecule has 0 bridgehead atoms. The number of hydrogen-bond donors (Lipinski definition) is 3. The molecule has 2 amide bonds. The minimum Gasteiger partial charge on any atom is -0.508 e. The van der Waals surface area contributed by atoms with Gasteiger partial charge in [-0.2, -0.15) is 0 Å². The van der Waals surface area contributed by atoms with Crippen LogP contribution in [0.2, 0.25) is 0 Å². The molecule has 1 atom stereocenters. The summed E-state index contributed by atoms with van der Waals surface area (Å²) in [5, 5.41) is 15.3. The zero-order chi connectivity index (χ0) is 17.4. The number of phenolic OH excluding ortho intramolecular Hbond substituents is 1. The van der Waals surface area contributed by atoms with Crippen molar-refractivity contribution < 1.29 is 14.6 Å². The third kappa shape index (κ3) is 5.19. The van der Waals surface area contributed by atoms with Crippen molar-refractivity contribution in [1.82, 2.24) is 10.6 Å². The van der Waals surface area contributed by atoms with Gasteiger partial charge in [-0.25, -0.2) is 4.79 Å². The SMILES string of the molecule is CCC(NC(=O)NCCc1cccc(O)c1)c1ccc(OC)cc1. The maximum absolute atomic E-state index is 12.1. The smallest absolute Gasteiger partial charge is 0.315 e. The van der Waals surface area contributed by atoms with Gasteiger partial charge in [0.05, 0.1) is 13.2 Å². The molecule has 1 unspecified atom stereocenters. The van der Waals surface area contributed by atoms with E-state index in [4.69, 9.17) is 4.74 Å². The molecular formula is C19H24N2O3. The molecule has 0 aromatic heterocycles. The normalized spacial score (nSPS) is 11.6. The summed E-state index contributed by atoms with van der Waals surface area (Å²) in [6.45, 7) is 2.54. The summed E-state index contributed by atoms with van der Waals surface area (Å²) in [7, 11) is 1.63. The molecule has 0 aliphatic heterocycles. The Morgan fingerprint density at radius 2 is 1.96 bits per heavy atom. The Kier molecular flexibility index (Phi) is 6.49. The van der Waals surface area contributed by atoms with Gasteiger partial charge in [-0.3, -0.25) is 0 Å². The van der Waals surface area contributed by atoms with Crippen molar-refractivity contribution in [2.45, 2.75) is 25.8 Å². The van der Waals surface area contributed by atoms with Crippen LogP contribution in [0.5, 0.6) is 11.5 Å². The molecule has 5 heteroatoms. The molecule has 2 aromatic carbocycles. The molecule has 0 heterocycles. The number of carbonyl (C=O) groups excluding carboxylic acids is 1. The lowest BCUT2D eigenvalue weighted by atomic mass is 10.0. The van der Waals surface area contributed by atoms with E-state index >= 15 is 0 Å². The van der Waals surface area contributed by atoms with E-state index in [1.54, 1.807) is 25.3 Å². The molecule has 2 aromatic rings. The van der Waals surface area contributed by atoms with Crippen LogP contribution in [0.3, 0.4) is 0 Å². The first-order valence-electron chi connectivity index (χ1n) is 8.08. The number of benzene rings is 2. The fourth-order valence-electron chi connectivity index (χ4n) is 2.50. The van der Waals surface area contributed by atoms with E-state index in [1.807, 2.05) is 37.3 Å². The molecule has 0 saturated heterocycles. The third-order valence-electron chi connectivity index (χ3n) is 3.84. The van der Waals surface area contributed by atoms with Crippen molar-refractivity contribution >= 4 is 6.03 Å². The van der Waals surface area contributed by atoms with Crippen LogP contribution in [0, 0.1) is 0 Å².